The zero-order chi connectivity index (χ0) is 9.26. The summed E-state index contributed by atoms with van der Waals surface area (Å²) in [5, 5.41) is 0. The Morgan fingerprint density at radius 1 is 1.46 bits per heavy atom. The largest absolute Gasteiger partial charge is 0.297 e. The lowest BCUT2D eigenvalue weighted by atomic mass is 9.99. The van der Waals surface area contributed by atoms with Crippen molar-refractivity contribution in [1.82, 2.24) is 4.98 Å². The average molecular weight is 172 g/mol. The van der Waals surface area contributed by atoms with Gasteiger partial charge >= 0.3 is 0 Å². The maximum atomic E-state index is 11.3. The normalized spacial score (nSPS) is 16.6. The Hall–Kier alpha value is -1.32. The second-order valence-electron chi connectivity index (χ2n) is 3.10. The van der Waals surface area contributed by atoms with Gasteiger partial charge in [-0.05, 0) is 12.5 Å². The first-order valence-electron chi connectivity index (χ1n) is 4.29. The van der Waals surface area contributed by atoms with E-state index in [1.807, 2.05) is 0 Å². The molecule has 64 valence electrons. The molecule has 2 radical (unpaired) electrons. The van der Waals surface area contributed by atoms with Gasteiger partial charge in [-0.25, -0.2) is 4.98 Å². The highest BCUT2D eigenvalue weighted by molar-refractivity contribution is 6.32. The van der Waals surface area contributed by atoms with Crippen molar-refractivity contribution in [3.63, 3.8) is 0 Å². The van der Waals surface area contributed by atoms with Gasteiger partial charge in [0, 0.05) is 19.2 Å². The molecule has 0 aromatic carbocycles. The molecule has 2 heterocycles. The molecule has 0 spiro atoms. The summed E-state index contributed by atoms with van der Waals surface area (Å²) < 4.78 is 0. The summed E-state index contributed by atoms with van der Waals surface area (Å²) in [5.74, 6) is 0.856. The van der Waals surface area contributed by atoms with Crippen LogP contribution in [0.25, 0.3) is 0 Å². The van der Waals surface area contributed by atoms with Gasteiger partial charge in [0.25, 0.3) is 0 Å². The van der Waals surface area contributed by atoms with Crippen LogP contribution in [0.1, 0.15) is 12.8 Å². The molecule has 2 rings (SSSR count). The summed E-state index contributed by atoms with van der Waals surface area (Å²) in [4.78, 5) is 17.1. The molecule has 4 heteroatoms. The highest BCUT2D eigenvalue weighted by Gasteiger charge is 2.22. The van der Waals surface area contributed by atoms with Crippen LogP contribution in [-0.4, -0.2) is 25.3 Å². The van der Waals surface area contributed by atoms with Gasteiger partial charge in [-0.1, -0.05) is 11.5 Å². The van der Waals surface area contributed by atoms with Gasteiger partial charge in [0.2, 0.25) is 5.91 Å². The predicted octanol–water partition coefficient (Wildman–Crippen LogP) is 0.00220. The van der Waals surface area contributed by atoms with E-state index in [9.17, 15) is 4.79 Å². The van der Waals surface area contributed by atoms with Gasteiger partial charge in [-0.15, -0.1) is 0 Å². The molecule has 1 aliphatic heterocycles. The minimum absolute atomic E-state index is 0.150. The van der Waals surface area contributed by atoms with Crippen LogP contribution in [0, 0.1) is 0 Å². The number of pyridine rings is 1. The molecule has 13 heavy (non-hydrogen) atoms. The first kappa shape index (κ1) is 8.29. The lowest BCUT2D eigenvalue weighted by molar-refractivity contribution is -0.117. The van der Waals surface area contributed by atoms with Crippen LogP contribution in [0.4, 0.5) is 5.82 Å². The number of nitrogens with zero attached hydrogens (tertiary/aromatic N) is 2. The van der Waals surface area contributed by atoms with Gasteiger partial charge in [-0.3, -0.25) is 9.69 Å². The minimum atomic E-state index is 0.150. The minimum Gasteiger partial charge on any atom is -0.297 e. The summed E-state index contributed by atoms with van der Waals surface area (Å²) in [5.41, 5.74) is 0.621. The van der Waals surface area contributed by atoms with Crippen molar-refractivity contribution >= 4 is 25.0 Å². The number of hydrogen-bond acceptors (Lipinski definition) is 2. The topological polar surface area (TPSA) is 33.2 Å². The number of amides is 1. The molecule has 0 saturated carbocycles. The molecular weight excluding hydrogens is 163 g/mol. The Morgan fingerprint density at radius 2 is 2.31 bits per heavy atom. The third-order valence-corrected chi connectivity index (χ3v) is 2.12. The Labute approximate surface area is 78.2 Å². The van der Waals surface area contributed by atoms with Crippen LogP contribution in [0.5, 0.6) is 0 Å². The first-order valence-corrected chi connectivity index (χ1v) is 4.29. The number of carbonyl (C=O) groups is 1. The van der Waals surface area contributed by atoms with Crippen molar-refractivity contribution in [2.75, 3.05) is 11.4 Å². The summed E-state index contributed by atoms with van der Waals surface area (Å²) in [6, 6.07) is 3.53. The molecule has 1 aliphatic rings. The SMILES string of the molecule is [B]c1ccc(N2CCCC2=O)nc1. The van der Waals surface area contributed by atoms with Crippen LogP contribution in [0.3, 0.4) is 0 Å². The Balaban J connectivity index is 2.25. The number of rotatable bonds is 1. The van der Waals surface area contributed by atoms with Gasteiger partial charge in [0.15, 0.2) is 0 Å². The van der Waals surface area contributed by atoms with Crippen LogP contribution < -0.4 is 10.4 Å². The van der Waals surface area contributed by atoms with E-state index in [4.69, 9.17) is 7.85 Å². The van der Waals surface area contributed by atoms with Crippen molar-refractivity contribution in [3.8, 4) is 0 Å². The highest BCUT2D eigenvalue weighted by Crippen LogP contribution is 2.17. The first-order chi connectivity index (χ1) is 6.27. The number of anilines is 1. The molecule has 0 atom stereocenters. The third-order valence-electron chi connectivity index (χ3n) is 2.12. The zero-order valence-electron chi connectivity index (χ0n) is 7.23. The van der Waals surface area contributed by atoms with E-state index in [1.54, 1.807) is 23.2 Å². The van der Waals surface area contributed by atoms with Crippen molar-refractivity contribution in [1.29, 1.82) is 0 Å². The standard InChI is InChI=1S/C9H9BN2O/c10-7-3-4-8(11-6-7)12-5-1-2-9(12)13/h3-4,6H,1-2,5H2. The van der Waals surface area contributed by atoms with E-state index < -0.39 is 0 Å². The van der Waals surface area contributed by atoms with Crippen LogP contribution in [0.15, 0.2) is 18.3 Å². The number of hydrogen-bond donors (Lipinski definition) is 0. The number of aromatic nitrogens is 1. The van der Waals surface area contributed by atoms with E-state index in [0.717, 1.165) is 13.0 Å². The quantitative estimate of drug-likeness (QED) is 0.558. The van der Waals surface area contributed by atoms with Gasteiger partial charge in [0.05, 0.1) is 0 Å². The predicted molar refractivity (Wildman–Crippen MR) is 51.2 cm³/mol. The average Bonchev–Trinajstić information content (AvgIpc) is 2.53. The zero-order valence-corrected chi connectivity index (χ0v) is 7.23. The Morgan fingerprint density at radius 3 is 2.85 bits per heavy atom. The van der Waals surface area contributed by atoms with E-state index in [1.165, 1.54) is 0 Å². The van der Waals surface area contributed by atoms with E-state index in [0.29, 0.717) is 17.7 Å². The Bertz CT molecular complexity index is 323. The van der Waals surface area contributed by atoms with Crippen LogP contribution in [-0.2, 0) is 4.79 Å². The van der Waals surface area contributed by atoms with Crippen molar-refractivity contribution in [3.05, 3.63) is 18.3 Å². The molecule has 0 unspecified atom stereocenters. The lowest BCUT2D eigenvalue weighted by Gasteiger charge is -2.13. The maximum absolute atomic E-state index is 11.3. The fraction of sp³-hybridized carbons (Fsp3) is 0.333. The molecule has 0 bridgehead atoms. The second-order valence-corrected chi connectivity index (χ2v) is 3.10. The molecular formula is C9H9BN2O. The van der Waals surface area contributed by atoms with Gasteiger partial charge in [0.1, 0.15) is 13.7 Å². The summed E-state index contributed by atoms with van der Waals surface area (Å²) >= 11 is 0. The van der Waals surface area contributed by atoms with E-state index in [-0.39, 0.29) is 5.91 Å². The Kier molecular flexibility index (Phi) is 2.04. The van der Waals surface area contributed by atoms with Crippen molar-refractivity contribution < 1.29 is 4.79 Å². The third kappa shape index (κ3) is 1.57. The second kappa shape index (κ2) is 3.20. The maximum Gasteiger partial charge on any atom is 0.228 e. The van der Waals surface area contributed by atoms with E-state index in [2.05, 4.69) is 4.98 Å². The summed E-state index contributed by atoms with van der Waals surface area (Å²) in [6.45, 7) is 0.774. The number of carbonyl (C=O) groups excluding carboxylic acids is 1. The summed E-state index contributed by atoms with van der Waals surface area (Å²) in [7, 11) is 5.49. The molecule has 1 fully saturated rings. The van der Waals surface area contributed by atoms with Gasteiger partial charge in [-0.2, -0.15) is 0 Å². The summed E-state index contributed by atoms with van der Waals surface area (Å²) in [6.07, 6.45) is 3.12. The van der Waals surface area contributed by atoms with Crippen molar-refractivity contribution in [2.24, 2.45) is 0 Å². The lowest BCUT2D eigenvalue weighted by Crippen LogP contribution is -2.25. The smallest absolute Gasteiger partial charge is 0.228 e. The molecule has 1 aromatic heterocycles. The fourth-order valence-electron chi connectivity index (χ4n) is 1.45. The molecule has 0 N–H and O–H groups in total. The molecule has 0 aliphatic carbocycles. The molecule has 1 saturated heterocycles. The van der Waals surface area contributed by atoms with E-state index >= 15 is 0 Å². The molecule has 1 amide bonds. The van der Waals surface area contributed by atoms with Crippen molar-refractivity contribution in [2.45, 2.75) is 12.8 Å². The van der Waals surface area contributed by atoms with Gasteiger partial charge < -0.3 is 0 Å². The van der Waals surface area contributed by atoms with Crippen LogP contribution in [0.2, 0.25) is 0 Å². The van der Waals surface area contributed by atoms with Crippen LogP contribution >= 0.6 is 0 Å². The molecule has 1 aromatic rings. The molecule has 3 nitrogen and oxygen atoms in total. The fourth-order valence-corrected chi connectivity index (χ4v) is 1.45. The highest BCUT2D eigenvalue weighted by atomic mass is 16.2. The monoisotopic (exact) mass is 172 g/mol.